The average Bonchev–Trinajstić information content (AvgIpc) is 2.01. The molecule has 1 heterocycles. The highest BCUT2D eigenvalue weighted by Gasteiger charge is 2.06. The summed E-state index contributed by atoms with van der Waals surface area (Å²) in [6.45, 7) is 1.89. The summed E-state index contributed by atoms with van der Waals surface area (Å²) in [6, 6.07) is 1.85. The summed E-state index contributed by atoms with van der Waals surface area (Å²) in [5.74, 6) is -1.10. The van der Waals surface area contributed by atoms with Crippen LogP contribution in [0.1, 0.15) is 11.1 Å². The fourth-order valence-electron chi connectivity index (χ4n) is 1.07. The number of carboxylic acids is 1. The zero-order valence-corrected chi connectivity index (χ0v) is 8.58. The normalized spacial score (nSPS) is 12.4. The predicted octanol–water partition coefficient (Wildman–Crippen LogP) is 0.723. The van der Waals surface area contributed by atoms with E-state index in [4.69, 9.17) is 5.11 Å². The van der Waals surface area contributed by atoms with Crippen LogP contribution in [0.15, 0.2) is 18.5 Å². The first-order chi connectivity index (χ1) is 6.58. The summed E-state index contributed by atoms with van der Waals surface area (Å²) in [5.41, 5.74) is 1.79. The van der Waals surface area contributed by atoms with Gasteiger partial charge in [0.05, 0.1) is 5.75 Å². The fraction of sp³-hybridized carbons (Fsp3) is 0.333. The van der Waals surface area contributed by atoms with Gasteiger partial charge in [-0.1, -0.05) is 6.07 Å². The van der Waals surface area contributed by atoms with E-state index in [9.17, 15) is 9.00 Å². The van der Waals surface area contributed by atoms with Gasteiger partial charge < -0.3 is 5.11 Å². The van der Waals surface area contributed by atoms with Gasteiger partial charge in [-0.2, -0.15) is 0 Å². The van der Waals surface area contributed by atoms with Crippen LogP contribution in [0.4, 0.5) is 0 Å². The van der Waals surface area contributed by atoms with Crippen LogP contribution in [0, 0.1) is 6.92 Å². The largest absolute Gasteiger partial charge is 0.481 e. The third-order valence-corrected chi connectivity index (χ3v) is 2.77. The molecular formula is C9H11NO3S. The molecule has 4 nitrogen and oxygen atoms in total. The van der Waals surface area contributed by atoms with Crippen molar-refractivity contribution in [1.82, 2.24) is 4.98 Å². The van der Waals surface area contributed by atoms with Crippen molar-refractivity contribution in [2.75, 3.05) is 5.75 Å². The first-order valence-corrected chi connectivity index (χ1v) is 5.54. The number of aliphatic carboxylic acids is 1. The molecule has 14 heavy (non-hydrogen) atoms. The van der Waals surface area contributed by atoms with Crippen LogP contribution in [0.3, 0.4) is 0 Å². The maximum atomic E-state index is 11.2. The monoisotopic (exact) mass is 213 g/mol. The molecular weight excluding hydrogens is 202 g/mol. The van der Waals surface area contributed by atoms with Gasteiger partial charge in [0.2, 0.25) is 0 Å². The molecule has 0 saturated heterocycles. The van der Waals surface area contributed by atoms with Crippen LogP contribution in [0.25, 0.3) is 0 Å². The minimum absolute atomic E-state index is 0.251. The lowest BCUT2D eigenvalue weighted by Crippen LogP contribution is -2.10. The van der Waals surface area contributed by atoms with E-state index >= 15 is 0 Å². The van der Waals surface area contributed by atoms with Gasteiger partial charge in [-0.3, -0.25) is 14.0 Å². The number of rotatable bonds is 4. The van der Waals surface area contributed by atoms with Crippen LogP contribution in [-0.4, -0.2) is 26.0 Å². The Balaban J connectivity index is 2.60. The quantitative estimate of drug-likeness (QED) is 0.800. The number of pyridine rings is 1. The van der Waals surface area contributed by atoms with Gasteiger partial charge in [-0.25, -0.2) is 0 Å². The number of hydrogen-bond donors (Lipinski definition) is 1. The van der Waals surface area contributed by atoms with Gasteiger partial charge >= 0.3 is 5.97 Å². The van der Waals surface area contributed by atoms with Crippen molar-refractivity contribution in [2.24, 2.45) is 0 Å². The van der Waals surface area contributed by atoms with Gasteiger partial charge in [-0.05, 0) is 18.1 Å². The van der Waals surface area contributed by atoms with Crippen molar-refractivity contribution in [2.45, 2.75) is 12.7 Å². The predicted molar refractivity (Wildman–Crippen MR) is 53.3 cm³/mol. The Morgan fingerprint density at radius 3 is 2.86 bits per heavy atom. The summed E-state index contributed by atoms with van der Waals surface area (Å²) in [5, 5.41) is 8.41. The van der Waals surface area contributed by atoms with E-state index in [-0.39, 0.29) is 11.5 Å². The second kappa shape index (κ2) is 4.85. The summed E-state index contributed by atoms with van der Waals surface area (Å²) in [7, 11) is -1.35. The van der Waals surface area contributed by atoms with E-state index in [0.29, 0.717) is 0 Å². The van der Waals surface area contributed by atoms with Crippen molar-refractivity contribution >= 4 is 16.8 Å². The molecule has 0 radical (unpaired) electrons. The minimum atomic E-state index is -1.35. The van der Waals surface area contributed by atoms with E-state index in [1.807, 2.05) is 13.0 Å². The Labute approximate surface area is 84.4 Å². The van der Waals surface area contributed by atoms with Crippen molar-refractivity contribution in [3.05, 3.63) is 29.6 Å². The molecule has 1 N–H and O–H groups in total. The molecule has 1 atom stereocenters. The van der Waals surface area contributed by atoms with Gasteiger partial charge in [0.25, 0.3) is 0 Å². The first-order valence-electron chi connectivity index (χ1n) is 4.05. The molecule has 0 aliphatic carbocycles. The number of hydrogen-bond acceptors (Lipinski definition) is 3. The minimum Gasteiger partial charge on any atom is -0.481 e. The highest BCUT2D eigenvalue weighted by molar-refractivity contribution is 7.84. The van der Waals surface area contributed by atoms with E-state index in [1.165, 1.54) is 0 Å². The fourth-order valence-corrected chi connectivity index (χ4v) is 1.98. The maximum Gasteiger partial charge on any atom is 0.316 e. The highest BCUT2D eigenvalue weighted by atomic mass is 32.2. The van der Waals surface area contributed by atoms with Gasteiger partial charge in [-0.15, -0.1) is 0 Å². The molecule has 0 bridgehead atoms. The molecule has 0 spiro atoms. The molecule has 0 fully saturated rings. The average molecular weight is 213 g/mol. The topological polar surface area (TPSA) is 67.3 Å². The van der Waals surface area contributed by atoms with E-state index < -0.39 is 16.8 Å². The molecule has 76 valence electrons. The molecule has 1 aromatic rings. The lowest BCUT2D eigenvalue weighted by molar-refractivity contribution is -0.133. The Morgan fingerprint density at radius 2 is 2.29 bits per heavy atom. The number of aryl methyl sites for hydroxylation is 1. The summed E-state index contributed by atoms with van der Waals surface area (Å²) in [6.07, 6.45) is 3.30. The van der Waals surface area contributed by atoms with E-state index in [0.717, 1.165) is 11.1 Å². The van der Waals surface area contributed by atoms with Crippen molar-refractivity contribution in [1.29, 1.82) is 0 Å². The number of nitrogens with zero attached hydrogens (tertiary/aromatic N) is 1. The van der Waals surface area contributed by atoms with Gasteiger partial charge in [0.15, 0.2) is 0 Å². The molecule has 0 saturated carbocycles. The number of aromatic nitrogens is 1. The van der Waals surface area contributed by atoms with E-state index in [1.54, 1.807) is 12.4 Å². The van der Waals surface area contributed by atoms with Crippen LogP contribution in [0.2, 0.25) is 0 Å². The van der Waals surface area contributed by atoms with Crippen LogP contribution in [0.5, 0.6) is 0 Å². The maximum absolute atomic E-state index is 11.2. The van der Waals surface area contributed by atoms with Crippen LogP contribution in [-0.2, 0) is 21.3 Å². The second-order valence-corrected chi connectivity index (χ2v) is 4.45. The Hall–Kier alpha value is -1.23. The summed E-state index contributed by atoms with van der Waals surface area (Å²) < 4.78 is 11.2. The molecule has 5 heteroatoms. The molecule has 1 rings (SSSR count). The van der Waals surface area contributed by atoms with Gasteiger partial charge in [0.1, 0.15) is 5.75 Å². The highest BCUT2D eigenvalue weighted by Crippen LogP contribution is 2.04. The Morgan fingerprint density at radius 1 is 1.57 bits per heavy atom. The number of carbonyl (C=O) groups is 1. The second-order valence-electron chi connectivity index (χ2n) is 2.99. The third kappa shape index (κ3) is 3.66. The van der Waals surface area contributed by atoms with Crippen molar-refractivity contribution in [3.63, 3.8) is 0 Å². The smallest absolute Gasteiger partial charge is 0.316 e. The van der Waals surface area contributed by atoms with Crippen molar-refractivity contribution in [3.8, 4) is 0 Å². The standard InChI is InChI=1S/C9H11NO3S/c1-7-2-8(4-10-3-7)5-14(13)6-9(11)12/h2-4H,5-6H2,1H3,(H,11,12). The molecule has 1 unspecified atom stereocenters. The summed E-state index contributed by atoms with van der Waals surface area (Å²) in [4.78, 5) is 14.2. The summed E-state index contributed by atoms with van der Waals surface area (Å²) >= 11 is 0. The molecule has 1 aromatic heterocycles. The van der Waals surface area contributed by atoms with Crippen LogP contribution >= 0.6 is 0 Å². The zero-order valence-electron chi connectivity index (χ0n) is 7.77. The molecule has 0 aromatic carbocycles. The Kier molecular flexibility index (Phi) is 3.76. The molecule has 0 aliphatic heterocycles. The third-order valence-electron chi connectivity index (χ3n) is 1.54. The van der Waals surface area contributed by atoms with Crippen LogP contribution < -0.4 is 0 Å². The first kappa shape index (κ1) is 10.8. The zero-order chi connectivity index (χ0) is 10.6. The molecule has 0 amide bonds. The number of carboxylic acid groups (broad SMARTS) is 1. The lowest BCUT2D eigenvalue weighted by atomic mass is 10.2. The molecule has 0 aliphatic rings. The Bertz CT molecular complexity index is 365. The van der Waals surface area contributed by atoms with E-state index in [2.05, 4.69) is 4.98 Å². The van der Waals surface area contributed by atoms with Crippen molar-refractivity contribution < 1.29 is 14.1 Å². The SMILES string of the molecule is Cc1cncc(CS(=O)CC(=O)O)c1. The lowest BCUT2D eigenvalue weighted by Gasteiger charge is -2.00. The van der Waals surface area contributed by atoms with Gasteiger partial charge in [0, 0.05) is 23.2 Å².